The number of hydrogen-bond acceptors (Lipinski definition) is 10. The van der Waals surface area contributed by atoms with Crippen LogP contribution in [-0.4, -0.2) is 112 Å². The first kappa shape index (κ1) is 30.5. The highest BCUT2D eigenvalue weighted by molar-refractivity contribution is 5.89. The molecule has 7 rings (SSSR count). The van der Waals surface area contributed by atoms with E-state index in [1.807, 2.05) is 6.07 Å². The van der Waals surface area contributed by atoms with E-state index in [0.717, 1.165) is 6.42 Å². The molecule has 0 aromatic heterocycles. The molecule has 14 atom stereocenters. The van der Waals surface area contributed by atoms with Gasteiger partial charge in [0.25, 0.3) is 0 Å². The van der Waals surface area contributed by atoms with Crippen LogP contribution in [0, 0.1) is 39.7 Å². The minimum atomic E-state index is -1.58. The largest absolute Gasteiger partial charge is 0.633 e. The summed E-state index contributed by atoms with van der Waals surface area (Å²) in [5.41, 5.74) is -3.84. The lowest BCUT2D eigenvalue weighted by atomic mass is 9.43. The Morgan fingerprint density at radius 3 is 2.34 bits per heavy atom. The summed E-state index contributed by atoms with van der Waals surface area (Å²) in [6, 6.07) is 8.10. The lowest BCUT2D eigenvalue weighted by molar-refractivity contribution is -0.917. The fourth-order valence-electron chi connectivity index (χ4n) is 12.5. The zero-order valence-corrected chi connectivity index (χ0v) is 26.4. The fraction of sp³-hybridized carbons (Fsp3) is 0.758. The maximum Gasteiger partial charge on any atom is 0.338 e. The maximum atomic E-state index is 15.2. The summed E-state index contributed by atoms with van der Waals surface area (Å²) in [4.78, 5) is 26.8. The van der Waals surface area contributed by atoms with Crippen LogP contribution < -0.4 is 0 Å². The summed E-state index contributed by atoms with van der Waals surface area (Å²) in [5.74, 6) is -2.85. The molecule has 1 N–H and O–H groups in total. The van der Waals surface area contributed by atoms with E-state index < -0.39 is 80.7 Å². The number of hydrogen-bond donors (Lipinski definition) is 1. The third kappa shape index (κ3) is 3.52. The Bertz CT molecular complexity index is 1320. The van der Waals surface area contributed by atoms with Crippen molar-refractivity contribution in [3.8, 4) is 0 Å². The van der Waals surface area contributed by atoms with Gasteiger partial charge >= 0.3 is 11.9 Å². The third-order valence-electron chi connectivity index (χ3n) is 12.9. The molecule has 1 heterocycles. The van der Waals surface area contributed by atoms with Gasteiger partial charge in [-0.1, -0.05) is 18.2 Å². The molecule has 1 aliphatic heterocycles. The average Bonchev–Trinajstić information content (AvgIpc) is 3.39. The predicted octanol–water partition coefficient (Wildman–Crippen LogP) is 2.33. The van der Waals surface area contributed by atoms with Gasteiger partial charge in [0.05, 0.1) is 55.4 Å². The van der Waals surface area contributed by atoms with E-state index >= 15 is 5.21 Å². The third-order valence-corrected chi connectivity index (χ3v) is 12.9. The molecule has 5 aliphatic carbocycles. The topological polar surface area (TPSA) is 133 Å². The molecule has 1 aromatic carbocycles. The monoisotopic (exact) mass is 615 g/mol. The molecule has 6 fully saturated rings. The first-order valence-electron chi connectivity index (χ1n) is 15.7. The van der Waals surface area contributed by atoms with E-state index in [0.29, 0.717) is 25.1 Å². The van der Waals surface area contributed by atoms with Crippen LogP contribution in [0.2, 0.25) is 0 Å². The van der Waals surface area contributed by atoms with Gasteiger partial charge in [-0.3, -0.25) is 4.79 Å². The molecule has 44 heavy (non-hydrogen) atoms. The molecule has 11 nitrogen and oxygen atoms in total. The highest BCUT2D eigenvalue weighted by Gasteiger charge is 2.92. The second kappa shape index (κ2) is 9.94. The van der Waals surface area contributed by atoms with E-state index in [1.54, 1.807) is 52.6 Å². The van der Waals surface area contributed by atoms with Crippen molar-refractivity contribution in [2.45, 2.75) is 74.3 Å². The number of esters is 2. The maximum absolute atomic E-state index is 15.2. The molecule has 1 spiro atoms. The van der Waals surface area contributed by atoms with Crippen LogP contribution in [0.4, 0.5) is 0 Å². The Kier molecular flexibility index (Phi) is 6.90. The first-order chi connectivity index (χ1) is 20.9. The zero-order valence-electron chi connectivity index (χ0n) is 26.4. The van der Waals surface area contributed by atoms with E-state index in [-0.39, 0.29) is 24.9 Å². The zero-order chi connectivity index (χ0) is 31.4. The van der Waals surface area contributed by atoms with Crippen LogP contribution in [-0.2, 0) is 33.2 Å². The average molecular weight is 616 g/mol. The van der Waals surface area contributed by atoms with Crippen molar-refractivity contribution in [1.29, 1.82) is 0 Å². The number of carbonyl (C=O) groups is 2. The first-order valence-corrected chi connectivity index (χ1v) is 15.7. The molecule has 1 saturated heterocycles. The number of benzene rings is 1. The quantitative estimate of drug-likeness (QED) is 0.264. The van der Waals surface area contributed by atoms with Gasteiger partial charge in [0.1, 0.15) is 23.3 Å². The summed E-state index contributed by atoms with van der Waals surface area (Å²) in [5, 5.41) is 27.8. The molecule has 0 radical (unpaired) electrons. The van der Waals surface area contributed by atoms with Crippen molar-refractivity contribution in [1.82, 2.24) is 0 Å². The molecule has 1 aromatic rings. The van der Waals surface area contributed by atoms with Gasteiger partial charge in [-0.2, -0.15) is 0 Å². The Hall–Kier alpha value is -2.12. The van der Waals surface area contributed by atoms with Crippen LogP contribution in [0.3, 0.4) is 0 Å². The van der Waals surface area contributed by atoms with Gasteiger partial charge in [0.15, 0.2) is 0 Å². The Labute approximate surface area is 258 Å². The van der Waals surface area contributed by atoms with Gasteiger partial charge in [0, 0.05) is 59.0 Å². The number of aliphatic hydroxyl groups is 1. The summed E-state index contributed by atoms with van der Waals surface area (Å²) in [6.07, 6.45) is -0.909. The van der Waals surface area contributed by atoms with Crippen molar-refractivity contribution in [3.63, 3.8) is 0 Å². The Morgan fingerprint density at radius 1 is 1.02 bits per heavy atom. The number of hydroxylamine groups is 3. The minimum Gasteiger partial charge on any atom is -0.633 e. The van der Waals surface area contributed by atoms with Gasteiger partial charge in [-0.25, -0.2) is 4.79 Å². The predicted molar refractivity (Wildman–Crippen MR) is 155 cm³/mol. The van der Waals surface area contributed by atoms with E-state index in [9.17, 15) is 14.7 Å². The van der Waals surface area contributed by atoms with Crippen LogP contribution in [0.5, 0.6) is 0 Å². The minimum absolute atomic E-state index is 0.152. The lowest BCUT2D eigenvalue weighted by Gasteiger charge is -2.71. The van der Waals surface area contributed by atoms with Crippen molar-refractivity contribution in [2.75, 3.05) is 48.6 Å². The van der Waals surface area contributed by atoms with Crippen LogP contribution >= 0.6 is 0 Å². The molecule has 242 valence electrons. The van der Waals surface area contributed by atoms with Crippen molar-refractivity contribution >= 4 is 11.9 Å². The van der Waals surface area contributed by atoms with Crippen molar-refractivity contribution < 1.29 is 47.8 Å². The van der Waals surface area contributed by atoms with Crippen LogP contribution in [0.1, 0.15) is 43.0 Å². The van der Waals surface area contributed by atoms with Crippen molar-refractivity contribution in [2.24, 2.45) is 34.5 Å². The lowest BCUT2D eigenvalue weighted by Crippen LogP contribution is -2.80. The highest BCUT2D eigenvalue weighted by Crippen LogP contribution is 2.81. The fourth-order valence-corrected chi connectivity index (χ4v) is 12.5. The highest BCUT2D eigenvalue weighted by atomic mass is 16.6. The molecule has 11 heteroatoms. The standard InChI is InChI=1S/C33H45NO10/c1-18(35)44-32-15-22(41-5)31(37)14-20(23(32)28(31)43-29(36)19-10-8-7-9-11-19)33-21(40-4)12-13-30(17-39-3)16-34(2,38)27(33)24(32)25(42-6)26(30)33/h7-11,20-28,37H,12-17H2,1-6H3/t20?,21?,22?,23?,24?,25?,26?,27?,28?,30?,31-,32+,33-,34?/m0/s1. The summed E-state index contributed by atoms with van der Waals surface area (Å²) in [6.45, 7) is 2.08. The molecule has 7 bridgehead atoms. The van der Waals surface area contributed by atoms with Gasteiger partial charge in [-0.05, 0) is 37.3 Å². The Morgan fingerprint density at radius 2 is 1.73 bits per heavy atom. The van der Waals surface area contributed by atoms with Gasteiger partial charge in [-0.15, -0.1) is 0 Å². The normalized spacial score (nSPS) is 51.1. The second-order valence-corrected chi connectivity index (χ2v) is 14.5. The summed E-state index contributed by atoms with van der Waals surface area (Å²) in [7, 11) is 8.27. The number of ether oxygens (including phenoxy) is 6. The van der Waals surface area contributed by atoms with Crippen LogP contribution in [0.15, 0.2) is 30.3 Å². The molecule has 5 saturated carbocycles. The van der Waals surface area contributed by atoms with E-state index in [4.69, 9.17) is 28.4 Å². The number of methoxy groups -OCH3 is 4. The number of rotatable bonds is 8. The molecule has 11 unspecified atom stereocenters. The number of likely N-dealkylation sites (tertiary alicyclic amines) is 1. The Balaban J connectivity index is 1.50. The number of fused-ring (bicyclic) bond motifs is 2. The summed E-state index contributed by atoms with van der Waals surface area (Å²) < 4.78 is 37.0. The molecular formula is C33H45NO10. The van der Waals surface area contributed by atoms with Crippen molar-refractivity contribution in [3.05, 3.63) is 41.1 Å². The number of quaternary nitrogens is 1. The number of carbonyl (C=O) groups excluding carboxylic acids is 2. The van der Waals surface area contributed by atoms with E-state index in [2.05, 4.69) is 0 Å². The van der Waals surface area contributed by atoms with Gasteiger partial charge in [0.2, 0.25) is 0 Å². The second-order valence-electron chi connectivity index (χ2n) is 14.5. The van der Waals surface area contributed by atoms with Crippen LogP contribution in [0.25, 0.3) is 0 Å². The number of nitrogens with zero attached hydrogens (tertiary/aromatic N) is 1. The molecule has 0 amide bonds. The molecular weight excluding hydrogens is 570 g/mol. The SMILES string of the molecule is COCC12CCC(OC)[C@@]34C5C[C@]6(O)C(OC)C[C@@](OC(C)=O)(C5C6OC(=O)c5ccccc5)C(C(OC)C13)C4[N+](C)([O-])C2. The smallest absolute Gasteiger partial charge is 0.338 e. The van der Waals surface area contributed by atoms with Gasteiger partial charge < -0.3 is 43.4 Å². The van der Waals surface area contributed by atoms with E-state index in [1.165, 1.54) is 14.0 Å². The number of piperidine rings is 1. The molecule has 6 aliphatic rings. The summed E-state index contributed by atoms with van der Waals surface area (Å²) >= 11 is 0.